The second kappa shape index (κ2) is 21.4. The van der Waals surface area contributed by atoms with Gasteiger partial charge in [-0.05, 0) is 102 Å². The molecule has 0 unspecified atom stereocenters. The highest BCUT2D eigenvalue weighted by Gasteiger charge is 2.57. The summed E-state index contributed by atoms with van der Waals surface area (Å²) in [5.74, 6) is -7.22. The number of halogens is 1. The highest BCUT2D eigenvalue weighted by Crippen LogP contribution is 2.41. The summed E-state index contributed by atoms with van der Waals surface area (Å²) in [4.78, 5) is 58.1. The molecule has 13 heteroatoms. The van der Waals surface area contributed by atoms with Crippen LogP contribution in [0.3, 0.4) is 0 Å². The summed E-state index contributed by atoms with van der Waals surface area (Å²) in [6, 6.07) is -1.12. The molecule has 3 fully saturated rings. The molecule has 0 radical (unpaired) electrons. The molecular weight excluding hydrogens is 754 g/mol. The molecule has 4 rings (SSSR count). The smallest absolute Gasteiger partial charge is 0.329 e. The molecule has 2 N–H and O–H groups in total. The van der Waals surface area contributed by atoms with Gasteiger partial charge in [-0.1, -0.05) is 45.4 Å². The topological polar surface area (TPSA) is 158 Å². The lowest BCUT2D eigenvalue weighted by Crippen LogP contribution is -2.65. The van der Waals surface area contributed by atoms with E-state index in [-0.39, 0.29) is 54.9 Å². The van der Waals surface area contributed by atoms with E-state index in [9.17, 15) is 29.4 Å². The predicted molar refractivity (Wildman–Crippen MR) is 216 cm³/mol. The number of amides is 1. The normalized spacial score (nSPS) is 41.1. The van der Waals surface area contributed by atoms with Crippen molar-refractivity contribution in [3.63, 3.8) is 0 Å². The number of carbonyl (C=O) groups excluding carboxylic acids is 4. The number of aliphatic hydroxyl groups is 2. The molecule has 1 aliphatic carbocycles. The van der Waals surface area contributed by atoms with Gasteiger partial charge in [-0.15, -0.1) is 11.6 Å². The second-order valence-corrected chi connectivity index (χ2v) is 17.9. The van der Waals surface area contributed by atoms with Crippen molar-refractivity contribution < 1.29 is 53.1 Å². The van der Waals surface area contributed by atoms with Crippen LogP contribution in [0.25, 0.3) is 0 Å². The van der Waals surface area contributed by atoms with Crippen LogP contribution in [-0.4, -0.2) is 120 Å². The van der Waals surface area contributed by atoms with Gasteiger partial charge >= 0.3 is 5.97 Å². The number of hydrogen-bond acceptors (Lipinski definition) is 11. The molecule has 2 saturated heterocycles. The second-order valence-electron chi connectivity index (χ2n) is 17.3. The Morgan fingerprint density at radius 2 is 1.61 bits per heavy atom. The number of aliphatic hydroxyl groups excluding tert-OH is 1. The Kier molecular flexibility index (Phi) is 17.8. The number of esters is 1. The van der Waals surface area contributed by atoms with Crippen LogP contribution in [0, 0.1) is 29.6 Å². The minimum Gasteiger partial charge on any atom is -0.456 e. The van der Waals surface area contributed by atoms with E-state index < -0.39 is 77.8 Å². The number of ether oxygens (including phenoxy) is 5. The molecule has 0 aromatic carbocycles. The summed E-state index contributed by atoms with van der Waals surface area (Å²) in [6.07, 6.45) is 5.54. The molecule has 2 bridgehead atoms. The third-order valence-corrected chi connectivity index (χ3v) is 13.7. The maximum atomic E-state index is 14.4. The molecule has 1 saturated carbocycles. The van der Waals surface area contributed by atoms with Gasteiger partial charge in [0.25, 0.3) is 11.7 Å². The number of nitrogens with zero attached hydrogens (tertiary/aromatic N) is 1. The van der Waals surface area contributed by atoms with Gasteiger partial charge in [-0.25, -0.2) is 4.79 Å². The van der Waals surface area contributed by atoms with Crippen molar-refractivity contribution in [1.82, 2.24) is 4.90 Å². The summed E-state index contributed by atoms with van der Waals surface area (Å²) < 4.78 is 30.1. The van der Waals surface area contributed by atoms with Crippen molar-refractivity contribution >= 4 is 35.0 Å². The predicted octanol–water partition coefficient (Wildman–Crippen LogP) is 6.11. The van der Waals surface area contributed by atoms with Gasteiger partial charge in [0.1, 0.15) is 24.0 Å². The molecular formula is C44H70ClNO11. The van der Waals surface area contributed by atoms with Gasteiger partial charge in [-0.3, -0.25) is 14.4 Å². The zero-order valence-corrected chi connectivity index (χ0v) is 36.5. The first-order valence-electron chi connectivity index (χ1n) is 21.3. The summed E-state index contributed by atoms with van der Waals surface area (Å²) in [5.41, 5.74) is 1.71. The van der Waals surface area contributed by atoms with Crippen molar-refractivity contribution in [1.29, 1.82) is 0 Å². The lowest BCUT2D eigenvalue weighted by Gasteiger charge is -2.47. The Morgan fingerprint density at radius 1 is 0.947 bits per heavy atom. The lowest BCUT2D eigenvalue weighted by atomic mass is 9.80. The van der Waals surface area contributed by atoms with Crippen molar-refractivity contribution in [3.05, 3.63) is 23.3 Å². The van der Waals surface area contributed by atoms with Crippen LogP contribution in [0.15, 0.2) is 23.3 Å². The van der Waals surface area contributed by atoms with Gasteiger partial charge in [0.2, 0.25) is 5.79 Å². The lowest BCUT2D eigenvalue weighted by molar-refractivity contribution is -0.305. The summed E-state index contributed by atoms with van der Waals surface area (Å²) in [5, 5.41) is 23.8. The van der Waals surface area contributed by atoms with Crippen molar-refractivity contribution in [2.45, 2.75) is 172 Å². The van der Waals surface area contributed by atoms with E-state index in [2.05, 4.69) is 6.92 Å². The fraction of sp³-hybridized carbons (Fsp3) is 0.818. The van der Waals surface area contributed by atoms with Gasteiger partial charge in [0.05, 0.1) is 29.8 Å². The number of fused-ring (bicyclic) bond motifs is 3. The molecule has 3 heterocycles. The van der Waals surface area contributed by atoms with E-state index in [1.54, 1.807) is 28.3 Å². The number of allylic oxidation sites excluding steroid dienone is 3. The number of methoxy groups -OCH3 is 3. The average molecular weight is 824 g/mol. The molecule has 3 aliphatic heterocycles. The fourth-order valence-corrected chi connectivity index (χ4v) is 10.0. The first-order chi connectivity index (χ1) is 27.0. The molecule has 0 spiro atoms. The standard InChI is InChI=1S/C44H70ClNO11/c1-10-30-19-25(3)18-26(4)20-37(54-8)40-38(55-9)23-31(11-2)44(52,57-40)41(49)42(50)46-17-13-12-14-33(46)43(51)56-39(28(6)34(47)24-35(30)48)27(5)21-29-15-16-32(45)36(22-29)53-7/h19,21,26,28-34,36-40,47,52H,10-18,20,22-24H2,1-9H3/b25-19+,27-21+/t26-,28+,29-,30+,31+,32+,33-,34-,36+,37-,38-,39+,40+,44+/m0/s1. The van der Waals surface area contributed by atoms with Crippen LogP contribution in [0.1, 0.15) is 119 Å². The van der Waals surface area contributed by atoms with Crippen LogP contribution in [-0.2, 0) is 42.9 Å². The molecule has 14 atom stereocenters. The largest absolute Gasteiger partial charge is 0.456 e. The third kappa shape index (κ3) is 11.3. The third-order valence-electron chi connectivity index (χ3n) is 13.2. The molecule has 57 heavy (non-hydrogen) atoms. The van der Waals surface area contributed by atoms with Crippen LogP contribution in [0.4, 0.5) is 0 Å². The van der Waals surface area contributed by atoms with Crippen LogP contribution in [0.5, 0.6) is 0 Å². The van der Waals surface area contributed by atoms with Crippen molar-refractivity contribution in [2.24, 2.45) is 29.6 Å². The fourth-order valence-electron chi connectivity index (χ4n) is 9.68. The maximum Gasteiger partial charge on any atom is 0.329 e. The zero-order valence-electron chi connectivity index (χ0n) is 35.7. The first kappa shape index (κ1) is 47.5. The summed E-state index contributed by atoms with van der Waals surface area (Å²) in [7, 11) is 4.74. The van der Waals surface area contributed by atoms with Gasteiger partial charge in [0.15, 0.2) is 0 Å². The maximum absolute atomic E-state index is 14.4. The molecule has 4 aliphatic rings. The van der Waals surface area contributed by atoms with E-state index in [0.717, 1.165) is 18.4 Å². The van der Waals surface area contributed by atoms with Crippen LogP contribution >= 0.6 is 11.6 Å². The van der Waals surface area contributed by atoms with E-state index >= 15 is 0 Å². The average Bonchev–Trinajstić information content (AvgIpc) is 3.20. The molecule has 1 amide bonds. The Hall–Kier alpha value is -2.19. The van der Waals surface area contributed by atoms with E-state index in [1.165, 1.54) is 4.90 Å². The van der Waals surface area contributed by atoms with Crippen molar-refractivity contribution in [2.75, 3.05) is 27.9 Å². The highest BCUT2D eigenvalue weighted by molar-refractivity contribution is 6.39. The van der Waals surface area contributed by atoms with Gasteiger partial charge in [-0.2, -0.15) is 0 Å². The van der Waals surface area contributed by atoms with Crippen LogP contribution < -0.4 is 0 Å². The minimum atomic E-state index is -2.48. The Bertz CT molecular complexity index is 1450. The number of carbonyl (C=O) groups is 4. The minimum absolute atomic E-state index is 0.0420. The number of rotatable bonds is 7. The quantitative estimate of drug-likeness (QED) is 0.132. The number of hydrogen-bond donors (Lipinski definition) is 2. The number of ketones is 2. The number of piperidine rings is 1. The van der Waals surface area contributed by atoms with Gasteiger partial charge in [0, 0.05) is 52.0 Å². The van der Waals surface area contributed by atoms with E-state index in [1.807, 2.05) is 39.8 Å². The Morgan fingerprint density at radius 3 is 2.25 bits per heavy atom. The molecule has 0 aromatic rings. The zero-order chi connectivity index (χ0) is 42.2. The van der Waals surface area contributed by atoms with Crippen LogP contribution in [0.2, 0.25) is 0 Å². The first-order valence-corrected chi connectivity index (χ1v) is 21.7. The number of Topliss-reactive ketones (excluding diaryl/α,β-unsaturated/α-hetero) is 2. The Labute approximate surface area is 345 Å². The number of cyclic esters (lactones) is 1. The highest BCUT2D eigenvalue weighted by atomic mass is 35.5. The summed E-state index contributed by atoms with van der Waals surface area (Å²) in [6.45, 7) is 11.5. The molecule has 0 aromatic heterocycles. The van der Waals surface area contributed by atoms with Crippen molar-refractivity contribution in [3.8, 4) is 0 Å². The monoisotopic (exact) mass is 823 g/mol. The molecule has 324 valence electrons. The summed E-state index contributed by atoms with van der Waals surface area (Å²) >= 11 is 6.53. The Balaban J connectivity index is 1.78. The SMILES string of the molecule is CC[C@@H]1C[C@H](OC)[C@@H]2O[C@@]1(O)C(=O)C(=O)N1CCCC[C@H]1C(=O)O[C@H](/C(C)=C/[C@@H]1CC[C@@H](Cl)[C@H](OC)C1)[C@H](C)[C@@H](O)CC(=O)[C@H](CC)/C=C(\C)C[C@H](C)C[C@@H]2OC. The van der Waals surface area contributed by atoms with Gasteiger partial charge < -0.3 is 38.8 Å². The van der Waals surface area contributed by atoms with E-state index in [4.69, 9.17) is 35.3 Å². The number of alkyl halides is 1. The van der Waals surface area contributed by atoms with E-state index in [0.29, 0.717) is 50.5 Å². The molecule has 12 nitrogen and oxygen atoms in total.